The Hall–Kier alpha value is -0.730. The molecule has 122 valence electrons. The zero-order chi connectivity index (χ0) is 15.9. The largest absolute Gasteiger partial charge is 0.373 e. The maximum absolute atomic E-state index is 12.8. The molecule has 1 aromatic rings. The number of hydrogen-bond acceptors (Lipinski definition) is 4. The molecule has 0 fully saturated rings. The Bertz CT molecular complexity index is 415. The van der Waals surface area contributed by atoms with Crippen molar-refractivity contribution in [3.8, 4) is 0 Å². The van der Waals surface area contributed by atoms with Gasteiger partial charge < -0.3 is 10.1 Å². The molecule has 0 aliphatic carbocycles. The van der Waals surface area contributed by atoms with Crippen LogP contribution in [0.25, 0.3) is 0 Å². The van der Waals surface area contributed by atoms with E-state index in [4.69, 9.17) is 4.74 Å². The van der Waals surface area contributed by atoms with Gasteiger partial charge in [0.1, 0.15) is 6.61 Å². The predicted molar refractivity (Wildman–Crippen MR) is 74.4 cm³/mol. The van der Waals surface area contributed by atoms with Gasteiger partial charge in [0, 0.05) is 23.5 Å². The summed E-state index contributed by atoms with van der Waals surface area (Å²) in [5.41, 5.74) is 0.898. The number of alkyl halides is 4. The van der Waals surface area contributed by atoms with Crippen molar-refractivity contribution in [3.63, 3.8) is 0 Å². The second-order valence-electron chi connectivity index (χ2n) is 4.81. The van der Waals surface area contributed by atoms with E-state index in [0.717, 1.165) is 17.1 Å². The first-order valence-electron chi connectivity index (χ1n) is 6.73. The van der Waals surface area contributed by atoms with Crippen molar-refractivity contribution < 1.29 is 22.3 Å². The smallest absolute Gasteiger partial charge is 0.330 e. The van der Waals surface area contributed by atoms with Crippen LogP contribution in [0.15, 0.2) is 5.38 Å². The van der Waals surface area contributed by atoms with Crippen LogP contribution < -0.4 is 5.32 Å². The summed E-state index contributed by atoms with van der Waals surface area (Å²) < 4.78 is 54.4. The maximum atomic E-state index is 12.8. The summed E-state index contributed by atoms with van der Waals surface area (Å²) in [5.74, 6) is -4.10. The van der Waals surface area contributed by atoms with Gasteiger partial charge in [-0.25, -0.2) is 13.8 Å². The number of nitrogens with one attached hydrogen (secondary N) is 1. The predicted octanol–water partition coefficient (Wildman–Crippen LogP) is 3.28. The highest BCUT2D eigenvalue weighted by atomic mass is 32.1. The van der Waals surface area contributed by atoms with Crippen LogP contribution in [-0.2, 0) is 11.2 Å². The minimum atomic E-state index is -4.10. The molecule has 1 aromatic heterocycles. The summed E-state index contributed by atoms with van der Waals surface area (Å²) in [6.45, 7) is 3.22. The van der Waals surface area contributed by atoms with Crippen molar-refractivity contribution in [2.75, 3.05) is 19.8 Å². The van der Waals surface area contributed by atoms with Crippen molar-refractivity contribution in [1.82, 2.24) is 10.3 Å². The van der Waals surface area contributed by atoms with Crippen molar-refractivity contribution in [3.05, 3.63) is 16.1 Å². The summed E-state index contributed by atoms with van der Waals surface area (Å²) in [5, 5.41) is 5.92. The average Bonchev–Trinajstić information content (AvgIpc) is 2.80. The molecule has 21 heavy (non-hydrogen) atoms. The molecule has 0 saturated carbocycles. The number of hydrogen-bond donors (Lipinski definition) is 1. The van der Waals surface area contributed by atoms with Crippen LogP contribution in [0.1, 0.15) is 24.0 Å². The summed E-state index contributed by atoms with van der Waals surface area (Å²) in [7, 11) is 0. The summed E-state index contributed by atoms with van der Waals surface area (Å²) >= 11 is 1.48. The van der Waals surface area contributed by atoms with E-state index in [0.29, 0.717) is 13.0 Å². The van der Waals surface area contributed by atoms with Crippen LogP contribution in [0, 0.1) is 6.92 Å². The minimum Gasteiger partial charge on any atom is -0.373 e. The minimum absolute atomic E-state index is 0.0546. The van der Waals surface area contributed by atoms with Crippen LogP contribution >= 0.6 is 11.3 Å². The molecule has 8 heteroatoms. The molecule has 3 nitrogen and oxygen atoms in total. The monoisotopic (exact) mass is 328 g/mol. The number of halogens is 4. The Labute approximate surface area is 125 Å². The number of ether oxygens (including phenoxy) is 1. The molecule has 1 atom stereocenters. The SMILES string of the molecule is CCCNC(COCC(F)(F)C(F)F)Cc1nc(C)cs1. The molecule has 1 N–H and O–H groups in total. The van der Waals surface area contributed by atoms with Crippen LogP contribution in [0.4, 0.5) is 17.6 Å². The van der Waals surface area contributed by atoms with Crippen LogP contribution in [-0.4, -0.2) is 43.1 Å². The van der Waals surface area contributed by atoms with Gasteiger partial charge in [-0.2, -0.15) is 8.78 Å². The van der Waals surface area contributed by atoms with E-state index in [1.54, 1.807) is 0 Å². The Morgan fingerprint density at radius 2 is 2.14 bits per heavy atom. The fraction of sp³-hybridized carbons (Fsp3) is 0.769. The van der Waals surface area contributed by atoms with Gasteiger partial charge in [-0.1, -0.05) is 6.92 Å². The fourth-order valence-electron chi connectivity index (χ4n) is 1.65. The zero-order valence-electron chi connectivity index (χ0n) is 12.0. The van der Waals surface area contributed by atoms with Gasteiger partial charge in [0.2, 0.25) is 0 Å². The lowest BCUT2D eigenvalue weighted by molar-refractivity contribution is -0.167. The number of nitrogens with zero attached hydrogens (tertiary/aromatic N) is 1. The molecule has 1 unspecified atom stereocenters. The standard InChI is InChI=1S/C13H20F4N2OS/c1-3-4-18-10(5-11-19-9(2)7-21-11)6-20-8-13(16,17)12(14)15/h7,10,12,18H,3-6,8H2,1-2H3. The lowest BCUT2D eigenvalue weighted by Gasteiger charge is -2.20. The number of thiazole rings is 1. The highest BCUT2D eigenvalue weighted by Gasteiger charge is 2.41. The average molecular weight is 328 g/mol. The molecule has 1 rings (SSSR count). The van der Waals surface area contributed by atoms with E-state index in [1.807, 2.05) is 19.2 Å². The number of aromatic nitrogens is 1. The van der Waals surface area contributed by atoms with Gasteiger partial charge in [-0.15, -0.1) is 11.3 Å². The van der Waals surface area contributed by atoms with E-state index in [2.05, 4.69) is 10.3 Å². The van der Waals surface area contributed by atoms with Gasteiger partial charge in [0.25, 0.3) is 0 Å². The zero-order valence-corrected chi connectivity index (χ0v) is 12.9. The normalized spacial score (nSPS) is 13.9. The van der Waals surface area contributed by atoms with Gasteiger partial charge in [-0.3, -0.25) is 0 Å². The quantitative estimate of drug-likeness (QED) is 0.669. The van der Waals surface area contributed by atoms with E-state index in [9.17, 15) is 17.6 Å². The second-order valence-corrected chi connectivity index (χ2v) is 5.76. The molecule has 0 saturated heterocycles. The molecular weight excluding hydrogens is 308 g/mol. The van der Waals surface area contributed by atoms with E-state index in [1.165, 1.54) is 11.3 Å². The molecule has 0 aromatic carbocycles. The molecule has 0 amide bonds. The molecule has 0 bridgehead atoms. The third-order valence-electron chi connectivity index (χ3n) is 2.70. The topological polar surface area (TPSA) is 34.1 Å². The lowest BCUT2D eigenvalue weighted by Crippen LogP contribution is -2.39. The van der Waals surface area contributed by atoms with Crippen molar-refractivity contribution in [2.45, 2.75) is 45.1 Å². The van der Waals surface area contributed by atoms with Gasteiger partial charge in [-0.05, 0) is 19.9 Å². The number of aryl methyl sites for hydroxylation is 1. The summed E-state index contributed by atoms with van der Waals surface area (Å²) in [6, 6.07) is -0.219. The van der Waals surface area contributed by atoms with Crippen molar-refractivity contribution in [1.29, 1.82) is 0 Å². The third kappa shape index (κ3) is 6.71. The Morgan fingerprint density at radius 3 is 2.67 bits per heavy atom. The Kier molecular flexibility index (Phi) is 7.55. The molecular formula is C13H20F4N2OS. The van der Waals surface area contributed by atoms with Gasteiger partial charge in [0.05, 0.1) is 11.6 Å². The van der Waals surface area contributed by atoms with E-state index < -0.39 is 19.0 Å². The highest BCUT2D eigenvalue weighted by Crippen LogP contribution is 2.23. The first-order chi connectivity index (χ1) is 9.85. The molecule has 0 aliphatic heterocycles. The van der Waals surface area contributed by atoms with Crippen LogP contribution in [0.3, 0.4) is 0 Å². The van der Waals surface area contributed by atoms with Gasteiger partial charge in [0.15, 0.2) is 0 Å². The summed E-state index contributed by atoms with van der Waals surface area (Å²) in [6.07, 6.45) is -2.31. The molecule has 0 radical (unpaired) electrons. The Balaban J connectivity index is 2.46. The lowest BCUT2D eigenvalue weighted by atomic mass is 10.2. The molecule has 1 heterocycles. The van der Waals surface area contributed by atoms with E-state index >= 15 is 0 Å². The maximum Gasteiger partial charge on any atom is 0.330 e. The molecule has 0 spiro atoms. The second kappa shape index (κ2) is 8.65. The summed E-state index contributed by atoms with van der Waals surface area (Å²) in [4.78, 5) is 4.30. The van der Waals surface area contributed by atoms with E-state index in [-0.39, 0.29) is 12.6 Å². The number of rotatable bonds is 10. The molecule has 0 aliphatic rings. The van der Waals surface area contributed by atoms with Crippen LogP contribution in [0.5, 0.6) is 0 Å². The third-order valence-corrected chi connectivity index (χ3v) is 3.69. The fourth-order valence-corrected chi connectivity index (χ4v) is 2.50. The Morgan fingerprint density at radius 1 is 1.43 bits per heavy atom. The van der Waals surface area contributed by atoms with Crippen molar-refractivity contribution in [2.24, 2.45) is 0 Å². The van der Waals surface area contributed by atoms with Gasteiger partial charge >= 0.3 is 12.3 Å². The van der Waals surface area contributed by atoms with Crippen molar-refractivity contribution >= 4 is 11.3 Å². The first-order valence-corrected chi connectivity index (χ1v) is 7.61. The van der Waals surface area contributed by atoms with Crippen LogP contribution in [0.2, 0.25) is 0 Å². The first kappa shape index (κ1) is 18.3. The highest BCUT2D eigenvalue weighted by molar-refractivity contribution is 7.09.